The molecule has 1 atom stereocenters. The second-order valence-electron chi connectivity index (χ2n) is 4.99. The lowest BCUT2D eigenvalue weighted by Gasteiger charge is -2.24. The van der Waals surface area contributed by atoms with Gasteiger partial charge in [0.1, 0.15) is 0 Å². The number of hydrogen-bond donors (Lipinski definition) is 1. The van der Waals surface area contributed by atoms with Gasteiger partial charge in [0.15, 0.2) is 0 Å². The van der Waals surface area contributed by atoms with E-state index in [1.165, 1.54) is 57.8 Å². The van der Waals surface area contributed by atoms with Crippen molar-refractivity contribution in [2.75, 3.05) is 0 Å². The molecule has 0 radical (unpaired) electrons. The monoisotopic (exact) mass is 193 g/mol. The van der Waals surface area contributed by atoms with Gasteiger partial charge in [-0.05, 0) is 38.0 Å². The Labute approximate surface area is 87.8 Å². The standard InChI is InChI=1S/C13H23N/c14-13-9-5-8-12(10-13)11-6-3-1-2-4-7-11/h10-11,13H,1-9,14H2. The molecule has 2 N–H and O–H groups in total. The molecule has 0 bridgehead atoms. The summed E-state index contributed by atoms with van der Waals surface area (Å²) in [5.74, 6) is 0.892. The summed E-state index contributed by atoms with van der Waals surface area (Å²) >= 11 is 0. The molecule has 0 aromatic heterocycles. The summed E-state index contributed by atoms with van der Waals surface area (Å²) in [6.45, 7) is 0. The molecule has 0 aromatic rings. The molecule has 80 valence electrons. The fourth-order valence-electron chi connectivity index (χ4n) is 2.97. The van der Waals surface area contributed by atoms with Crippen LogP contribution >= 0.6 is 0 Å². The molecule has 1 fully saturated rings. The number of rotatable bonds is 1. The van der Waals surface area contributed by atoms with Gasteiger partial charge >= 0.3 is 0 Å². The summed E-state index contributed by atoms with van der Waals surface area (Å²) in [6, 6.07) is 0.363. The molecule has 2 aliphatic rings. The van der Waals surface area contributed by atoms with Gasteiger partial charge in [0.2, 0.25) is 0 Å². The molecule has 0 heterocycles. The molecule has 0 aliphatic heterocycles. The predicted molar refractivity (Wildman–Crippen MR) is 61.1 cm³/mol. The highest BCUT2D eigenvalue weighted by Crippen LogP contribution is 2.33. The van der Waals surface area contributed by atoms with Crippen LogP contribution in [0.1, 0.15) is 57.8 Å². The lowest BCUT2D eigenvalue weighted by Crippen LogP contribution is -2.22. The summed E-state index contributed by atoms with van der Waals surface area (Å²) in [4.78, 5) is 0. The van der Waals surface area contributed by atoms with Crippen LogP contribution in [0, 0.1) is 5.92 Å². The van der Waals surface area contributed by atoms with E-state index in [-0.39, 0.29) is 0 Å². The van der Waals surface area contributed by atoms with E-state index in [1.54, 1.807) is 5.57 Å². The van der Waals surface area contributed by atoms with Crippen LogP contribution in [0.4, 0.5) is 0 Å². The Kier molecular flexibility index (Phi) is 3.63. The average molecular weight is 193 g/mol. The second kappa shape index (κ2) is 4.97. The van der Waals surface area contributed by atoms with Crippen molar-refractivity contribution in [3.63, 3.8) is 0 Å². The van der Waals surface area contributed by atoms with E-state index < -0.39 is 0 Å². The van der Waals surface area contributed by atoms with Gasteiger partial charge in [0, 0.05) is 6.04 Å². The van der Waals surface area contributed by atoms with Crippen LogP contribution in [-0.2, 0) is 0 Å². The van der Waals surface area contributed by atoms with Gasteiger partial charge in [-0.1, -0.05) is 37.3 Å². The summed E-state index contributed by atoms with van der Waals surface area (Å²) in [5, 5.41) is 0. The first-order chi connectivity index (χ1) is 6.86. The van der Waals surface area contributed by atoms with Gasteiger partial charge in [-0.2, -0.15) is 0 Å². The van der Waals surface area contributed by atoms with Crippen molar-refractivity contribution in [1.29, 1.82) is 0 Å². The fourth-order valence-corrected chi connectivity index (χ4v) is 2.97. The zero-order valence-electron chi connectivity index (χ0n) is 9.17. The van der Waals surface area contributed by atoms with Crippen LogP contribution in [-0.4, -0.2) is 6.04 Å². The molecule has 2 aliphatic carbocycles. The average Bonchev–Trinajstić information content (AvgIpc) is 2.45. The Morgan fingerprint density at radius 2 is 1.64 bits per heavy atom. The molecule has 0 aromatic carbocycles. The molecule has 14 heavy (non-hydrogen) atoms. The zero-order valence-corrected chi connectivity index (χ0v) is 9.17. The SMILES string of the molecule is NC1C=C(C2CCCCCC2)CCC1. The van der Waals surface area contributed by atoms with Crippen LogP contribution in [0.5, 0.6) is 0 Å². The van der Waals surface area contributed by atoms with Crippen molar-refractivity contribution in [2.24, 2.45) is 11.7 Å². The third-order valence-corrected chi connectivity index (χ3v) is 3.81. The van der Waals surface area contributed by atoms with Gasteiger partial charge in [-0.15, -0.1) is 0 Å². The summed E-state index contributed by atoms with van der Waals surface area (Å²) in [7, 11) is 0. The maximum atomic E-state index is 5.99. The van der Waals surface area contributed by atoms with E-state index in [9.17, 15) is 0 Å². The van der Waals surface area contributed by atoms with E-state index in [4.69, 9.17) is 5.73 Å². The van der Waals surface area contributed by atoms with E-state index >= 15 is 0 Å². The largest absolute Gasteiger partial charge is 0.324 e. The summed E-state index contributed by atoms with van der Waals surface area (Å²) < 4.78 is 0. The highest BCUT2D eigenvalue weighted by atomic mass is 14.6. The molecular formula is C13H23N. The maximum Gasteiger partial charge on any atom is 0.0226 e. The Morgan fingerprint density at radius 3 is 2.29 bits per heavy atom. The summed E-state index contributed by atoms with van der Waals surface area (Å²) in [5.41, 5.74) is 7.69. The molecule has 0 saturated heterocycles. The Bertz CT molecular complexity index is 199. The molecule has 1 saturated carbocycles. The third-order valence-electron chi connectivity index (χ3n) is 3.81. The van der Waals surface area contributed by atoms with Crippen LogP contribution in [0.15, 0.2) is 11.6 Å². The fraction of sp³-hybridized carbons (Fsp3) is 0.846. The van der Waals surface area contributed by atoms with Crippen molar-refractivity contribution in [3.05, 3.63) is 11.6 Å². The molecule has 2 rings (SSSR count). The highest BCUT2D eigenvalue weighted by Gasteiger charge is 2.19. The minimum absolute atomic E-state index is 0.363. The minimum atomic E-state index is 0.363. The first-order valence-corrected chi connectivity index (χ1v) is 6.32. The normalized spacial score (nSPS) is 30.9. The maximum absolute atomic E-state index is 5.99. The van der Waals surface area contributed by atoms with Gasteiger partial charge in [-0.3, -0.25) is 0 Å². The lowest BCUT2D eigenvalue weighted by molar-refractivity contribution is 0.480. The van der Waals surface area contributed by atoms with Gasteiger partial charge in [0.05, 0.1) is 0 Å². The van der Waals surface area contributed by atoms with Gasteiger partial charge < -0.3 is 5.73 Å². The lowest BCUT2D eigenvalue weighted by atomic mass is 9.83. The van der Waals surface area contributed by atoms with E-state index in [1.807, 2.05) is 0 Å². The smallest absolute Gasteiger partial charge is 0.0226 e. The Hall–Kier alpha value is -0.300. The van der Waals surface area contributed by atoms with Gasteiger partial charge in [-0.25, -0.2) is 0 Å². The van der Waals surface area contributed by atoms with Crippen LogP contribution in [0.2, 0.25) is 0 Å². The van der Waals surface area contributed by atoms with E-state index in [0.717, 1.165) is 5.92 Å². The first-order valence-electron chi connectivity index (χ1n) is 6.32. The van der Waals surface area contributed by atoms with Crippen LogP contribution in [0.3, 0.4) is 0 Å². The van der Waals surface area contributed by atoms with Crippen LogP contribution < -0.4 is 5.73 Å². The number of allylic oxidation sites excluding steroid dienone is 1. The number of nitrogens with two attached hydrogens (primary N) is 1. The van der Waals surface area contributed by atoms with E-state index in [0.29, 0.717) is 6.04 Å². The Morgan fingerprint density at radius 1 is 0.929 bits per heavy atom. The van der Waals surface area contributed by atoms with Crippen molar-refractivity contribution < 1.29 is 0 Å². The van der Waals surface area contributed by atoms with Crippen molar-refractivity contribution in [2.45, 2.75) is 63.8 Å². The minimum Gasteiger partial charge on any atom is -0.324 e. The third kappa shape index (κ3) is 2.60. The second-order valence-corrected chi connectivity index (χ2v) is 4.99. The number of hydrogen-bond acceptors (Lipinski definition) is 1. The predicted octanol–water partition coefficient (Wildman–Crippen LogP) is 3.39. The molecule has 1 nitrogen and oxygen atoms in total. The van der Waals surface area contributed by atoms with Gasteiger partial charge in [0.25, 0.3) is 0 Å². The van der Waals surface area contributed by atoms with Crippen molar-refractivity contribution >= 4 is 0 Å². The Balaban J connectivity index is 1.97. The molecular weight excluding hydrogens is 170 g/mol. The zero-order chi connectivity index (χ0) is 9.80. The molecule has 1 unspecified atom stereocenters. The first kappa shape index (κ1) is 10.2. The molecule has 1 heteroatoms. The highest BCUT2D eigenvalue weighted by molar-refractivity contribution is 5.13. The quantitative estimate of drug-likeness (QED) is 0.501. The molecule has 0 amide bonds. The molecule has 0 spiro atoms. The van der Waals surface area contributed by atoms with E-state index in [2.05, 4.69) is 6.08 Å². The van der Waals surface area contributed by atoms with Crippen molar-refractivity contribution in [1.82, 2.24) is 0 Å². The summed E-state index contributed by atoms with van der Waals surface area (Å²) in [6.07, 6.45) is 14.9. The van der Waals surface area contributed by atoms with Crippen molar-refractivity contribution in [3.8, 4) is 0 Å². The van der Waals surface area contributed by atoms with Crippen LogP contribution in [0.25, 0.3) is 0 Å². The topological polar surface area (TPSA) is 26.0 Å².